The largest absolute Gasteiger partial charge is 0.492 e. The van der Waals surface area contributed by atoms with Gasteiger partial charge in [-0.2, -0.15) is 0 Å². The van der Waals surface area contributed by atoms with Crippen molar-refractivity contribution in [2.24, 2.45) is 0 Å². The Morgan fingerprint density at radius 1 is 1.57 bits per heavy atom. The molecule has 0 radical (unpaired) electrons. The molecule has 0 unspecified atom stereocenters. The van der Waals surface area contributed by atoms with Crippen LogP contribution in [0.15, 0.2) is 18.2 Å². The van der Waals surface area contributed by atoms with Crippen LogP contribution in [0.5, 0.6) is 5.75 Å². The van der Waals surface area contributed by atoms with Crippen molar-refractivity contribution in [1.82, 2.24) is 0 Å². The average Bonchev–Trinajstić information content (AvgIpc) is 2.14. The number of benzene rings is 1. The van der Waals surface area contributed by atoms with E-state index in [1.54, 1.807) is 0 Å². The molecule has 0 aliphatic heterocycles. The molecular weight excluding hydrogens is 251 g/mol. The van der Waals surface area contributed by atoms with Crippen molar-refractivity contribution in [3.8, 4) is 5.75 Å². The second-order valence-electron chi connectivity index (χ2n) is 2.73. The predicted octanol–water partition coefficient (Wildman–Crippen LogP) is 2.80. The van der Waals surface area contributed by atoms with E-state index in [2.05, 4.69) is 15.9 Å². The monoisotopic (exact) mass is 260 g/mol. The van der Waals surface area contributed by atoms with Gasteiger partial charge in [-0.1, -0.05) is 15.9 Å². The molecule has 76 valence electrons. The van der Waals surface area contributed by atoms with Crippen LogP contribution in [0.3, 0.4) is 0 Å². The van der Waals surface area contributed by atoms with Crippen molar-refractivity contribution in [1.29, 1.82) is 0 Å². The molecule has 1 aromatic carbocycles. The molecule has 0 amide bonds. The lowest BCUT2D eigenvalue weighted by molar-refractivity contribution is 0.101. The topological polar surface area (TPSA) is 26.3 Å². The maximum atomic E-state index is 12.8. The first kappa shape index (κ1) is 11.2. The summed E-state index contributed by atoms with van der Waals surface area (Å²) in [6, 6.07) is 3.90. The molecule has 0 spiro atoms. The fraction of sp³-hybridized carbons (Fsp3) is 0.300. The molecule has 0 bridgehead atoms. The van der Waals surface area contributed by atoms with Crippen LogP contribution in [0.4, 0.5) is 4.39 Å². The summed E-state index contributed by atoms with van der Waals surface area (Å²) >= 11 is 3.18. The Labute approximate surface area is 90.2 Å². The van der Waals surface area contributed by atoms with Crippen molar-refractivity contribution in [2.75, 3.05) is 11.9 Å². The SMILES string of the molecule is CC(=O)c1ccc(F)cc1OCCBr. The molecule has 2 nitrogen and oxygen atoms in total. The highest BCUT2D eigenvalue weighted by Gasteiger charge is 2.09. The van der Waals surface area contributed by atoms with E-state index in [-0.39, 0.29) is 5.78 Å². The zero-order valence-electron chi connectivity index (χ0n) is 7.72. The Balaban J connectivity index is 2.97. The lowest BCUT2D eigenvalue weighted by Gasteiger charge is -2.08. The standard InChI is InChI=1S/C10H10BrFO2/c1-7(13)9-3-2-8(12)6-10(9)14-5-4-11/h2-3,6H,4-5H2,1H3. The van der Waals surface area contributed by atoms with Crippen LogP contribution >= 0.6 is 15.9 Å². The minimum Gasteiger partial charge on any atom is -0.492 e. The van der Waals surface area contributed by atoms with E-state index in [1.807, 2.05) is 0 Å². The first-order chi connectivity index (χ1) is 6.65. The molecule has 0 aromatic heterocycles. The summed E-state index contributed by atoms with van der Waals surface area (Å²) in [5, 5.41) is 0.640. The summed E-state index contributed by atoms with van der Waals surface area (Å²) < 4.78 is 18.1. The maximum Gasteiger partial charge on any atom is 0.163 e. The summed E-state index contributed by atoms with van der Waals surface area (Å²) in [5.74, 6) is -0.230. The smallest absolute Gasteiger partial charge is 0.163 e. The zero-order valence-corrected chi connectivity index (χ0v) is 9.30. The van der Waals surface area contributed by atoms with Gasteiger partial charge < -0.3 is 4.74 Å². The van der Waals surface area contributed by atoms with E-state index < -0.39 is 5.82 Å². The molecule has 4 heteroatoms. The van der Waals surface area contributed by atoms with Crippen molar-refractivity contribution >= 4 is 21.7 Å². The highest BCUT2D eigenvalue weighted by molar-refractivity contribution is 9.09. The van der Waals surface area contributed by atoms with Crippen LogP contribution in [0, 0.1) is 5.82 Å². The number of ketones is 1. The molecule has 0 aliphatic rings. The molecule has 14 heavy (non-hydrogen) atoms. The lowest BCUT2D eigenvalue weighted by Crippen LogP contribution is -2.03. The fourth-order valence-electron chi connectivity index (χ4n) is 1.05. The number of hydrogen-bond acceptors (Lipinski definition) is 2. The lowest BCUT2D eigenvalue weighted by atomic mass is 10.1. The van der Waals surface area contributed by atoms with Gasteiger partial charge in [-0.25, -0.2) is 4.39 Å². The number of halogens is 2. The summed E-state index contributed by atoms with van der Waals surface area (Å²) in [5.41, 5.74) is 0.410. The zero-order chi connectivity index (χ0) is 10.6. The summed E-state index contributed by atoms with van der Waals surface area (Å²) in [6.45, 7) is 1.83. The number of hydrogen-bond donors (Lipinski definition) is 0. The van der Waals surface area contributed by atoms with Gasteiger partial charge in [0.05, 0.1) is 12.2 Å². The van der Waals surface area contributed by atoms with Gasteiger partial charge in [-0.3, -0.25) is 4.79 Å². The maximum absolute atomic E-state index is 12.8. The minimum atomic E-state index is -0.403. The minimum absolute atomic E-state index is 0.130. The van der Waals surface area contributed by atoms with E-state index in [4.69, 9.17) is 4.74 Å². The van der Waals surface area contributed by atoms with Gasteiger partial charge in [0, 0.05) is 11.4 Å². The van der Waals surface area contributed by atoms with Crippen molar-refractivity contribution < 1.29 is 13.9 Å². The van der Waals surface area contributed by atoms with E-state index >= 15 is 0 Å². The first-order valence-electron chi connectivity index (χ1n) is 4.14. The number of alkyl halides is 1. The van der Waals surface area contributed by atoms with Crippen LogP contribution in [-0.4, -0.2) is 17.7 Å². The van der Waals surface area contributed by atoms with E-state index in [1.165, 1.54) is 25.1 Å². The van der Waals surface area contributed by atoms with Gasteiger partial charge in [0.15, 0.2) is 5.78 Å². The highest BCUT2D eigenvalue weighted by atomic mass is 79.9. The quantitative estimate of drug-likeness (QED) is 0.615. The highest BCUT2D eigenvalue weighted by Crippen LogP contribution is 2.20. The second kappa shape index (κ2) is 5.10. The summed E-state index contributed by atoms with van der Waals surface area (Å²) in [7, 11) is 0. The van der Waals surface area contributed by atoms with Crippen LogP contribution in [0.2, 0.25) is 0 Å². The van der Waals surface area contributed by atoms with Gasteiger partial charge in [0.1, 0.15) is 11.6 Å². The Morgan fingerprint density at radius 2 is 2.29 bits per heavy atom. The summed E-state index contributed by atoms with van der Waals surface area (Å²) in [4.78, 5) is 11.1. The Bertz CT molecular complexity index is 339. The number of rotatable bonds is 4. The van der Waals surface area contributed by atoms with Crippen LogP contribution < -0.4 is 4.74 Å². The predicted molar refractivity (Wildman–Crippen MR) is 55.7 cm³/mol. The average molecular weight is 261 g/mol. The Morgan fingerprint density at radius 3 is 2.86 bits per heavy atom. The van der Waals surface area contributed by atoms with Crippen LogP contribution in [0.1, 0.15) is 17.3 Å². The van der Waals surface area contributed by atoms with Crippen LogP contribution in [0.25, 0.3) is 0 Å². The van der Waals surface area contributed by atoms with E-state index in [0.717, 1.165) is 0 Å². The first-order valence-corrected chi connectivity index (χ1v) is 5.26. The molecule has 0 saturated carbocycles. The number of carbonyl (C=O) groups excluding carboxylic acids is 1. The van der Waals surface area contributed by atoms with Gasteiger partial charge >= 0.3 is 0 Å². The summed E-state index contributed by atoms with van der Waals surface area (Å²) in [6.07, 6.45) is 0. The Kier molecular flexibility index (Phi) is 4.07. The van der Waals surface area contributed by atoms with Gasteiger partial charge in [0.2, 0.25) is 0 Å². The van der Waals surface area contributed by atoms with Crippen molar-refractivity contribution in [3.05, 3.63) is 29.6 Å². The van der Waals surface area contributed by atoms with Gasteiger partial charge in [0.25, 0.3) is 0 Å². The number of Topliss-reactive ketones (excluding diaryl/α,β-unsaturated/α-hetero) is 1. The number of carbonyl (C=O) groups is 1. The third-order valence-corrected chi connectivity index (χ3v) is 1.98. The third-order valence-electron chi connectivity index (χ3n) is 1.66. The molecule has 0 atom stereocenters. The van der Waals surface area contributed by atoms with E-state index in [0.29, 0.717) is 23.2 Å². The van der Waals surface area contributed by atoms with Crippen molar-refractivity contribution in [3.63, 3.8) is 0 Å². The van der Waals surface area contributed by atoms with Crippen LogP contribution in [-0.2, 0) is 0 Å². The molecule has 0 saturated heterocycles. The molecular formula is C10H10BrFO2. The van der Waals surface area contributed by atoms with Gasteiger partial charge in [-0.15, -0.1) is 0 Å². The second-order valence-corrected chi connectivity index (χ2v) is 3.53. The molecule has 1 rings (SSSR count). The molecule has 0 aliphatic carbocycles. The van der Waals surface area contributed by atoms with Gasteiger partial charge in [-0.05, 0) is 19.1 Å². The molecule has 0 fully saturated rings. The molecule has 1 aromatic rings. The molecule has 0 N–H and O–H groups in total. The van der Waals surface area contributed by atoms with Crippen molar-refractivity contribution in [2.45, 2.75) is 6.92 Å². The third kappa shape index (κ3) is 2.80. The normalized spacial score (nSPS) is 9.93. The number of ether oxygens (including phenoxy) is 1. The Hall–Kier alpha value is -0.900. The fourth-order valence-corrected chi connectivity index (χ4v) is 1.22. The van der Waals surface area contributed by atoms with E-state index in [9.17, 15) is 9.18 Å². The molecule has 0 heterocycles.